The molecule has 0 saturated heterocycles. The molecule has 88 valence electrons. The second kappa shape index (κ2) is 4.45. The summed E-state index contributed by atoms with van der Waals surface area (Å²) in [5, 5.41) is 4.00. The molecule has 2 nitrogen and oxygen atoms in total. The van der Waals surface area contributed by atoms with E-state index in [1.54, 1.807) is 12.1 Å². The van der Waals surface area contributed by atoms with Gasteiger partial charge in [-0.05, 0) is 24.3 Å². The lowest BCUT2D eigenvalue weighted by Gasteiger charge is -1.93. The summed E-state index contributed by atoms with van der Waals surface area (Å²) in [5.74, 6) is 0.445. The van der Waals surface area contributed by atoms with Crippen molar-refractivity contribution in [2.24, 2.45) is 0 Å². The predicted molar refractivity (Wildman–Crippen MR) is 67.3 cm³/mol. The van der Waals surface area contributed by atoms with Gasteiger partial charge in [0.25, 0.3) is 0 Å². The maximum absolute atomic E-state index is 12.8. The molecule has 0 unspecified atom stereocenters. The molecule has 0 radical (unpaired) electrons. The predicted octanol–water partition coefficient (Wildman–Crippen LogP) is 4.15. The first-order valence-electron chi connectivity index (χ1n) is 5.61. The minimum Gasteiger partial charge on any atom is -0.356 e. The van der Waals surface area contributed by atoms with Crippen LogP contribution in [0.1, 0.15) is 0 Å². The summed E-state index contributed by atoms with van der Waals surface area (Å²) >= 11 is 0. The number of rotatable bonds is 2. The van der Waals surface area contributed by atoms with Gasteiger partial charge in [0.2, 0.25) is 0 Å². The molecular formula is C15H10FNO. The smallest absolute Gasteiger partial charge is 0.167 e. The molecule has 1 aromatic heterocycles. The van der Waals surface area contributed by atoms with Crippen molar-refractivity contribution in [1.82, 2.24) is 5.16 Å². The average Bonchev–Trinajstić information content (AvgIpc) is 2.90. The van der Waals surface area contributed by atoms with Crippen molar-refractivity contribution in [2.75, 3.05) is 0 Å². The second-order valence-corrected chi connectivity index (χ2v) is 3.95. The van der Waals surface area contributed by atoms with Gasteiger partial charge in [-0.3, -0.25) is 0 Å². The topological polar surface area (TPSA) is 26.0 Å². The zero-order valence-electron chi connectivity index (χ0n) is 9.51. The van der Waals surface area contributed by atoms with Crippen LogP contribution in [0, 0.1) is 5.82 Å². The molecule has 18 heavy (non-hydrogen) atoms. The molecular weight excluding hydrogens is 229 g/mol. The number of nitrogens with zero attached hydrogens (tertiary/aromatic N) is 1. The Morgan fingerprint density at radius 1 is 0.833 bits per heavy atom. The zero-order chi connectivity index (χ0) is 12.4. The third-order valence-electron chi connectivity index (χ3n) is 2.71. The summed E-state index contributed by atoms with van der Waals surface area (Å²) in [7, 11) is 0. The minimum atomic E-state index is -0.259. The van der Waals surface area contributed by atoms with Crippen molar-refractivity contribution >= 4 is 0 Å². The van der Waals surface area contributed by atoms with E-state index in [9.17, 15) is 4.39 Å². The molecule has 0 amide bonds. The van der Waals surface area contributed by atoms with Gasteiger partial charge in [-0.25, -0.2) is 4.39 Å². The fraction of sp³-hybridized carbons (Fsp3) is 0. The van der Waals surface area contributed by atoms with E-state index >= 15 is 0 Å². The van der Waals surface area contributed by atoms with Gasteiger partial charge in [0.1, 0.15) is 11.5 Å². The first-order chi connectivity index (χ1) is 8.83. The maximum Gasteiger partial charge on any atom is 0.167 e. The molecule has 0 aliphatic heterocycles. The lowest BCUT2D eigenvalue weighted by atomic mass is 10.1. The molecule has 2 aromatic carbocycles. The quantitative estimate of drug-likeness (QED) is 0.671. The van der Waals surface area contributed by atoms with E-state index in [4.69, 9.17) is 4.52 Å². The number of hydrogen-bond acceptors (Lipinski definition) is 2. The number of benzene rings is 2. The van der Waals surface area contributed by atoms with Crippen LogP contribution in [0.2, 0.25) is 0 Å². The number of hydrogen-bond donors (Lipinski definition) is 0. The van der Waals surface area contributed by atoms with Gasteiger partial charge >= 0.3 is 0 Å². The van der Waals surface area contributed by atoms with Crippen molar-refractivity contribution in [3.8, 4) is 22.6 Å². The Hall–Kier alpha value is -2.42. The molecule has 0 saturated carbocycles. The van der Waals surface area contributed by atoms with Crippen LogP contribution in [0.4, 0.5) is 4.39 Å². The highest BCUT2D eigenvalue weighted by Crippen LogP contribution is 2.25. The van der Waals surface area contributed by atoms with Gasteiger partial charge in [-0.2, -0.15) is 0 Å². The molecule has 0 atom stereocenters. The molecule has 0 spiro atoms. The van der Waals surface area contributed by atoms with Gasteiger partial charge in [0, 0.05) is 17.2 Å². The number of halogens is 1. The highest BCUT2D eigenvalue weighted by atomic mass is 19.1. The Bertz CT molecular complexity index is 644. The summed E-state index contributed by atoms with van der Waals surface area (Å²) in [6, 6.07) is 17.8. The van der Waals surface area contributed by atoms with Gasteiger partial charge in [-0.1, -0.05) is 35.5 Å². The van der Waals surface area contributed by atoms with Gasteiger partial charge < -0.3 is 4.52 Å². The molecule has 0 aliphatic rings. The lowest BCUT2D eigenvalue weighted by molar-refractivity contribution is 0.435. The van der Waals surface area contributed by atoms with Gasteiger partial charge in [0.15, 0.2) is 5.76 Å². The molecule has 3 aromatic rings. The first-order valence-corrected chi connectivity index (χ1v) is 5.61. The molecule has 0 aliphatic carbocycles. The van der Waals surface area contributed by atoms with Crippen LogP contribution in [-0.2, 0) is 0 Å². The van der Waals surface area contributed by atoms with Crippen molar-refractivity contribution < 1.29 is 8.91 Å². The third kappa shape index (κ3) is 2.02. The first kappa shape index (κ1) is 10.7. The molecule has 1 heterocycles. The van der Waals surface area contributed by atoms with Crippen LogP contribution in [-0.4, -0.2) is 5.16 Å². The van der Waals surface area contributed by atoms with Crippen molar-refractivity contribution in [3.63, 3.8) is 0 Å². The highest BCUT2D eigenvalue weighted by molar-refractivity contribution is 5.66. The van der Waals surface area contributed by atoms with Gasteiger partial charge in [0.05, 0.1) is 0 Å². The van der Waals surface area contributed by atoms with Crippen LogP contribution in [0.15, 0.2) is 65.2 Å². The van der Waals surface area contributed by atoms with Crippen LogP contribution in [0.25, 0.3) is 22.6 Å². The monoisotopic (exact) mass is 239 g/mol. The maximum atomic E-state index is 12.8. The van der Waals surface area contributed by atoms with Crippen molar-refractivity contribution in [2.45, 2.75) is 0 Å². The second-order valence-electron chi connectivity index (χ2n) is 3.95. The zero-order valence-corrected chi connectivity index (χ0v) is 9.51. The summed E-state index contributed by atoms with van der Waals surface area (Å²) < 4.78 is 18.1. The third-order valence-corrected chi connectivity index (χ3v) is 2.71. The highest BCUT2D eigenvalue weighted by Gasteiger charge is 2.07. The van der Waals surface area contributed by atoms with Crippen LogP contribution in [0.3, 0.4) is 0 Å². The molecule has 0 bridgehead atoms. The fourth-order valence-electron chi connectivity index (χ4n) is 1.77. The standard InChI is InChI=1S/C15H10FNO/c16-13-8-6-11(7-9-13)14-10-15(18-17-14)12-4-2-1-3-5-12/h1-10H. The van der Waals surface area contributed by atoms with Crippen molar-refractivity contribution in [1.29, 1.82) is 0 Å². The van der Waals surface area contributed by atoms with E-state index in [1.165, 1.54) is 12.1 Å². The van der Waals surface area contributed by atoms with Crippen LogP contribution < -0.4 is 0 Å². The Morgan fingerprint density at radius 3 is 2.28 bits per heavy atom. The minimum absolute atomic E-state index is 0.259. The largest absolute Gasteiger partial charge is 0.356 e. The summed E-state index contributed by atoms with van der Waals surface area (Å²) in [5.41, 5.74) is 2.51. The van der Waals surface area contributed by atoms with Crippen LogP contribution in [0.5, 0.6) is 0 Å². The normalized spacial score (nSPS) is 10.5. The summed E-state index contributed by atoms with van der Waals surface area (Å²) in [6.07, 6.45) is 0. The average molecular weight is 239 g/mol. The Morgan fingerprint density at radius 2 is 1.56 bits per heavy atom. The van der Waals surface area contributed by atoms with Crippen LogP contribution >= 0.6 is 0 Å². The molecule has 3 rings (SSSR count). The van der Waals surface area contributed by atoms with E-state index < -0.39 is 0 Å². The van der Waals surface area contributed by atoms with E-state index in [2.05, 4.69) is 5.16 Å². The molecule has 0 N–H and O–H groups in total. The van der Waals surface area contributed by atoms with E-state index in [1.807, 2.05) is 36.4 Å². The Kier molecular flexibility index (Phi) is 2.65. The molecule has 0 fully saturated rings. The van der Waals surface area contributed by atoms with Crippen molar-refractivity contribution in [3.05, 3.63) is 66.5 Å². The fourth-order valence-corrected chi connectivity index (χ4v) is 1.77. The summed E-state index contributed by atoms with van der Waals surface area (Å²) in [4.78, 5) is 0. The van der Waals surface area contributed by atoms with E-state index in [-0.39, 0.29) is 5.82 Å². The number of aromatic nitrogens is 1. The van der Waals surface area contributed by atoms with E-state index in [0.29, 0.717) is 11.5 Å². The van der Waals surface area contributed by atoms with Gasteiger partial charge in [-0.15, -0.1) is 0 Å². The summed E-state index contributed by atoms with van der Waals surface area (Å²) in [6.45, 7) is 0. The van der Waals surface area contributed by atoms with E-state index in [0.717, 1.165) is 11.1 Å². The lowest BCUT2D eigenvalue weighted by Crippen LogP contribution is -1.77. The molecule has 3 heteroatoms. The Balaban J connectivity index is 1.97. The SMILES string of the molecule is Fc1ccc(-c2cc(-c3ccccc3)on2)cc1. The Labute approximate surface area is 104 Å².